The molecular weight excluding hydrogens is 342 g/mol. The summed E-state index contributed by atoms with van der Waals surface area (Å²) >= 11 is 0. The minimum absolute atomic E-state index is 0.0295. The van der Waals surface area contributed by atoms with E-state index in [0.29, 0.717) is 6.54 Å². The van der Waals surface area contributed by atoms with Gasteiger partial charge in [0, 0.05) is 37.7 Å². The normalized spacial score (nSPS) is 16.8. The third kappa shape index (κ3) is 4.35. The van der Waals surface area contributed by atoms with Gasteiger partial charge in [0.2, 0.25) is 11.8 Å². The van der Waals surface area contributed by atoms with Gasteiger partial charge in [-0.05, 0) is 26.0 Å². The monoisotopic (exact) mass is 365 g/mol. The van der Waals surface area contributed by atoms with Crippen LogP contribution in [0.5, 0.6) is 17.2 Å². The van der Waals surface area contributed by atoms with Crippen LogP contribution >= 0.6 is 0 Å². The third-order valence-electron chi connectivity index (χ3n) is 4.19. The molecule has 9 nitrogen and oxygen atoms in total. The molecule has 1 heterocycles. The molecule has 9 heteroatoms. The van der Waals surface area contributed by atoms with Crippen molar-refractivity contribution in [1.29, 1.82) is 0 Å². The van der Waals surface area contributed by atoms with Crippen molar-refractivity contribution < 1.29 is 29.7 Å². The summed E-state index contributed by atoms with van der Waals surface area (Å²) in [5.41, 5.74) is -0.0295. The van der Waals surface area contributed by atoms with Gasteiger partial charge in [0.1, 0.15) is 0 Å². The zero-order valence-electron chi connectivity index (χ0n) is 14.7. The summed E-state index contributed by atoms with van der Waals surface area (Å²) in [6.07, 6.45) is 0.183. The van der Waals surface area contributed by atoms with E-state index in [9.17, 15) is 29.7 Å². The Balaban J connectivity index is 1.77. The molecule has 1 unspecified atom stereocenters. The van der Waals surface area contributed by atoms with E-state index < -0.39 is 29.1 Å². The Kier molecular flexibility index (Phi) is 5.91. The molecule has 0 aliphatic carbocycles. The quantitative estimate of drug-likeness (QED) is 0.353. The van der Waals surface area contributed by atoms with E-state index in [1.165, 1.54) is 0 Å². The number of amides is 3. The maximum Gasteiger partial charge on any atom is 0.251 e. The fraction of sp³-hybridized carbons (Fsp3) is 0.471. The van der Waals surface area contributed by atoms with E-state index in [4.69, 9.17) is 0 Å². The van der Waals surface area contributed by atoms with E-state index in [0.717, 1.165) is 12.1 Å². The average molecular weight is 365 g/mol. The molecule has 1 aromatic rings. The lowest BCUT2D eigenvalue weighted by molar-refractivity contribution is -0.129. The van der Waals surface area contributed by atoms with Crippen molar-refractivity contribution in [2.45, 2.75) is 26.3 Å². The van der Waals surface area contributed by atoms with Gasteiger partial charge in [-0.15, -0.1) is 0 Å². The highest BCUT2D eigenvalue weighted by molar-refractivity contribution is 5.95. The molecule has 5 N–H and O–H groups in total. The van der Waals surface area contributed by atoms with Crippen LogP contribution < -0.4 is 10.6 Å². The topological polar surface area (TPSA) is 139 Å². The van der Waals surface area contributed by atoms with E-state index in [1.807, 2.05) is 13.8 Å². The van der Waals surface area contributed by atoms with Crippen molar-refractivity contribution >= 4 is 17.7 Å². The third-order valence-corrected chi connectivity index (χ3v) is 4.19. The second-order valence-corrected chi connectivity index (χ2v) is 6.45. The molecule has 1 aliphatic rings. The van der Waals surface area contributed by atoms with Crippen LogP contribution in [-0.2, 0) is 9.59 Å². The first-order valence-electron chi connectivity index (χ1n) is 8.31. The number of hydrogen-bond acceptors (Lipinski definition) is 6. The van der Waals surface area contributed by atoms with Crippen LogP contribution in [0.2, 0.25) is 0 Å². The van der Waals surface area contributed by atoms with Gasteiger partial charge in [0.15, 0.2) is 17.2 Å². The van der Waals surface area contributed by atoms with Crippen molar-refractivity contribution in [1.82, 2.24) is 15.5 Å². The van der Waals surface area contributed by atoms with Gasteiger partial charge < -0.3 is 30.9 Å². The van der Waals surface area contributed by atoms with Crippen molar-refractivity contribution in [3.8, 4) is 17.2 Å². The number of phenolic OH excluding ortho intramolecular Hbond substituents is 3. The van der Waals surface area contributed by atoms with E-state index in [-0.39, 0.29) is 42.9 Å². The predicted octanol–water partition coefficient (Wildman–Crippen LogP) is -0.0937. The highest BCUT2D eigenvalue weighted by atomic mass is 16.3. The van der Waals surface area contributed by atoms with Gasteiger partial charge >= 0.3 is 0 Å². The predicted molar refractivity (Wildman–Crippen MR) is 91.7 cm³/mol. The van der Waals surface area contributed by atoms with Gasteiger partial charge in [-0.3, -0.25) is 14.4 Å². The standard InChI is InChI=1S/C17H23N3O6/c1-9(2)20-8-11(7-14(20)23)17(26)19-4-3-18-16(25)10-5-12(21)15(24)13(22)6-10/h5-6,9,11,21-22,24H,3-4,7-8H2,1-2H3,(H,18,25)(H,19,26). The molecular formula is C17H23N3O6. The number of carbonyl (C=O) groups is 3. The summed E-state index contributed by atoms with van der Waals surface area (Å²) in [5, 5.41) is 33.2. The summed E-state index contributed by atoms with van der Waals surface area (Å²) in [6.45, 7) is 4.48. The molecule has 1 atom stereocenters. The molecule has 2 rings (SSSR count). The van der Waals surface area contributed by atoms with Crippen LogP contribution in [0.15, 0.2) is 12.1 Å². The molecule has 0 saturated carbocycles. The van der Waals surface area contributed by atoms with Crippen molar-refractivity contribution in [3.05, 3.63) is 17.7 Å². The van der Waals surface area contributed by atoms with E-state index in [2.05, 4.69) is 10.6 Å². The Bertz CT molecular complexity index is 695. The van der Waals surface area contributed by atoms with Gasteiger partial charge in [0.25, 0.3) is 5.91 Å². The minimum atomic E-state index is -0.699. The van der Waals surface area contributed by atoms with Crippen molar-refractivity contribution in [2.75, 3.05) is 19.6 Å². The highest BCUT2D eigenvalue weighted by Crippen LogP contribution is 2.35. The first-order valence-corrected chi connectivity index (χ1v) is 8.31. The summed E-state index contributed by atoms with van der Waals surface area (Å²) in [6, 6.07) is 2.10. The summed E-state index contributed by atoms with van der Waals surface area (Å²) in [7, 11) is 0. The van der Waals surface area contributed by atoms with Gasteiger partial charge in [-0.1, -0.05) is 0 Å². The molecule has 0 aromatic heterocycles. The zero-order valence-corrected chi connectivity index (χ0v) is 14.7. The molecule has 1 saturated heterocycles. The fourth-order valence-electron chi connectivity index (χ4n) is 2.75. The summed E-state index contributed by atoms with van der Waals surface area (Å²) in [5.74, 6) is -3.17. The molecule has 1 aliphatic heterocycles. The SMILES string of the molecule is CC(C)N1CC(C(=O)NCCNC(=O)c2cc(O)c(O)c(O)c2)CC1=O. The number of carbonyl (C=O) groups excluding carboxylic acids is 3. The number of benzene rings is 1. The highest BCUT2D eigenvalue weighted by Gasteiger charge is 2.35. The number of nitrogens with one attached hydrogen (secondary N) is 2. The fourth-order valence-corrected chi connectivity index (χ4v) is 2.75. The maximum atomic E-state index is 12.1. The van der Waals surface area contributed by atoms with Crippen LogP contribution in [0.3, 0.4) is 0 Å². The van der Waals surface area contributed by atoms with Crippen LogP contribution in [0.4, 0.5) is 0 Å². The number of phenols is 3. The molecule has 3 amide bonds. The number of hydrogen-bond donors (Lipinski definition) is 5. The maximum absolute atomic E-state index is 12.1. The lowest BCUT2D eigenvalue weighted by Gasteiger charge is -2.20. The number of rotatable bonds is 6. The number of likely N-dealkylation sites (tertiary alicyclic amines) is 1. The Morgan fingerprint density at radius 3 is 2.27 bits per heavy atom. The molecule has 1 aromatic carbocycles. The molecule has 0 radical (unpaired) electrons. The van der Waals surface area contributed by atoms with Crippen LogP contribution in [0, 0.1) is 5.92 Å². The second kappa shape index (κ2) is 7.94. The van der Waals surface area contributed by atoms with Gasteiger partial charge in [-0.2, -0.15) is 0 Å². The van der Waals surface area contributed by atoms with Crippen molar-refractivity contribution in [2.24, 2.45) is 5.92 Å². The Morgan fingerprint density at radius 2 is 1.73 bits per heavy atom. The summed E-state index contributed by atoms with van der Waals surface area (Å²) in [4.78, 5) is 37.5. The van der Waals surface area contributed by atoms with Gasteiger partial charge in [-0.25, -0.2) is 0 Å². The Hall–Kier alpha value is -2.97. The summed E-state index contributed by atoms with van der Waals surface area (Å²) < 4.78 is 0. The van der Waals surface area contributed by atoms with Crippen LogP contribution in [0.25, 0.3) is 0 Å². The van der Waals surface area contributed by atoms with Crippen molar-refractivity contribution in [3.63, 3.8) is 0 Å². The first-order chi connectivity index (χ1) is 12.2. The zero-order chi connectivity index (χ0) is 19.4. The molecule has 0 spiro atoms. The Morgan fingerprint density at radius 1 is 1.15 bits per heavy atom. The number of aromatic hydroxyl groups is 3. The van der Waals surface area contributed by atoms with Crippen LogP contribution in [-0.4, -0.2) is 63.6 Å². The van der Waals surface area contributed by atoms with E-state index in [1.54, 1.807) is 4.90 Å². The van der Waals surface area contributed by atoms with Crippen LogP contribution in [0.1, 0.15) is 30.6 Å². The second-order valence-electron chi connectivity index (χ2n) is 6.45. The first kappa shape index (κ1) is 19.4. The Labute approximate surface area is 150 Å². The molecule has 1 fully saturated rings. The lowest BCUT2D eigenvalue weighted by Crippen LogP contribution is -2.39. The molecule has 26 heavy (non-hydrogen) atoms. The molecule has 0 bridgehead atoms. The smallest absolute Gasteiger partial charge is 0.251 e. The minimum Gasteiger partial charge on any atom is -0.504 e. The lowest BCUT2D eigenvalue weighted by atomic mass is 10.1. The number of nitrogens with zero attached hydrogens (tertiary/aromatic N) is 1. The average Bonchev–Trinajstić information content (AvgIpc) is 2.97. The van der Waals surface area contributed by atoms with E-state index >= 15 is 0 Å². The molecule has 142 valence electrons. The largest absolute Gasteiger partial charge is 0.504 e. The van der Waals surface area contributed by atoms with Gasteiger partial charge in [0.05, 0.1) is 5.92 Å².